The predicted octanol–water partition coefficient (Wildman–Crippen LogP) is 2.45. The molecule has 2 aromatic rings. The van der Waals surface area contributed by atoms with Crippen molar-refractivity contribution in [2.75, 3.05) is 25.1 Å². The average Bonchev–Trinajstić information content (AvgIpc) is 3.03. The number of halogens is 1. The fourth-order valence-corrected chi connectivity index (χ4v) is 3.84. The third-order valence-electron chi connectivity index (χ3n) is 4.18. The summed E-state index contributed by atoms with van der Waals surface area (Å²) in [5.41, 5.74) is 0.827. The molecule has 9 heteroatoms. The Morgan fingerprint density at radius 1 is 1.30 bits per heavy atom. The second kappa shape index (κ2) is 7.53. The van der Waals surface area contributed by atoms with Crippen LogP contribution in [0.2, 0.25) is 0 Å². The highest BCUT2D eigenvalue weighted by molar-refractivity contribution is 7.89. The van der Waals surface area contributed by atoms with Gasteiger partial charge in [-0.3, -0.25) is 4.90 Å². The lowest BCUT2D eigenvalue weighted by atomic mass is 10.2. The van der Waals surface area contributed by atoms with Gasteiger partial charge in [0.2, 0.25) is 10.0 Å². The highest BCUT2D eigenvalue weighted by Gasteiger charge is 2.33. The Balaban J connectivity index is 1.66. The van der Waals surface area contributed by atoms with E-state index in [2.05, 4.69) is 4.72 Å². The molecule has 0 spiro atoms. The van der Waals surface area contributed by atoms with Gasteiger partial charge in [0.25, 0.3) is 0 Å². The molecular weight excluding hydrogens is 375 g/mol. The number of rotatable bonds is 6. The Bertz CT molecular complexity index is 964. The van der Waals surface area contributed by atoms with Gasteiger partial charge in [-0.1, -0.05) is 6.07 Å². The minimum absolute atomic E-state index is 0.0459. The molecule has 0 bridgehead atoms. The van der Waals surface area contributed by atoms with Crippen molar-refractivity contribution in [2.24, 2.45) is 0 Å². The first-order valence-electron chi connectivity index (χ1n) is 8.18. The number of hydrogen-bond acceptors (Lipinski definition) is 5. The van der Waals surface area contributed by atoms with E-state index in [0.717, 1.165) is 6.07 Å². The molecule has 144 valence electrons. The van der Waals surface area contributed by atoms with Crippen LogP contribution in [0.15, 0.2) is 47.4 Å². The van der Waals surface area contributed by atoms with E-state index in [0.29, 0.717) is 11.4 Å². The van der Waals surface area contributed by atoms with Crippen LogP contribution >= 0.6 is 0 Å². The lowest BCUT2D eigenvalue weighted by Gasteiger charge is -2.14. The molecule has 1 fully saturated rings. The van der Waals surface area contributed by atoms with Crippen LogP contribution in [-0.4, -0.2) is 40.8 Å². The zero-order valence-electron chi connectivity index (χ0n) is 14.8. The Morgan fingerprint density at radius 3 is 2.78 bits per heavy atom. The van der Waals surface area contributed by atoms with Crippen molar-refractivity contribution in [3.63, 3.8) is 0 Å². The molecule has 1 aliphatic heterocycles. The number of nitrogens with zero attached hydrogens (tertiary/aromatic N) is 1. The first kappa shape index (κ1) is 19.1. The van der Waals surface area contributed by atoms with Gasteiger partial charge in [-0.25, -0.2) is 22.3 Å². The van der Waals surface area contributed by atoms with E-state index in [9.17, 15) is 17.6 Å². The summed E-state index contributed by atoms with van der Waals surface area (Å²) in [6.07, 6.45) is -1.22. The molecule has 3 rings (SSSR count). The highest BCUT2D eigenvalue weighted by atomic mass is 32.2. The zero-order chi connectivity index (χ0) is 19.6. The first-order valence-corrected chi connectivity index (χ1v) is 9.66. The molecule has 0 radical (unpaired) electrons. The molecule has 1 unspecified atom stereocenters. The number of hydrogen-bond donors (Lipinski definition) is 1. The fourth-order valence-electron chi connectivity index (χ4n) is 2.69. The summed E-state index contributed by atoms with van der Waals surface area (Å²) in [6, 6.07) is 10.5. The van der Waals surface area contributed by atoms with E-state index in [1.54, 1.807) is 24.3 Å². The van der Waals surface area contributed by atoms with Crippen LogP contribution in [0, 0.1) is 12.7 Å². The van der Waals surface area contributed by atoms with Crippen LogP contribution in [0.3, 0.4) is 0 Å². The van der Waals surface area contributed by atoms with Crippen LogP contribution in [-0.2, 0) is 14.8 Å². The molecule has 27 heavy (non-hydrogen) atoms. The van der Waals surface area contributed by atoms with Gasteiger partial charge < -0.3 is 9.47 Å². The maximum absolute atomic E-state index is 13.3. The number of amides is 1. The van der Waals surface area contributed by atoms with E-state index >= 15 is 0 Å². The monoisotopic (exact) mass is 394 g/mol. The number of carbonyl (C=O) groups excluding carboxylic acids is 1. The topological polar surface area (TPSA) is 84.9 Å². The van der Waals surface area contributed by atoms with Crippen LogP contribution in [0.25, 0.3) is 0 Å². The van der Waals surface area contributed by atoms with Gasteiger partial charge in [-0.05, 0) is 42.8 Å². The second-order valence-electron chi connectivity index (χ2n) is 6.08. The highest BCUT2D eigenvalue weighted by Crippen LogP contribution is 2.25. The minimum Gasteiger partial charge on any atom is -0.497 e. The smallest absolute Gasteiger partial charge is 0.414 e. The van der Waals surface area contributed by atoms with Gasteiger partial charge >= 0.3 is 6.09 Å². The lowest BCUT2D eigenvalue weighted by Crippen LogP contribution is -2.34. The lowest BCUT2D eigenvalue weighted by molar-refractivity contribution is 0.143. The van der Waals surface area contributed by atoms with Crippen molar-refractivity contribution in [1.82, 2.24) is 4.72 Å². The Labute approximate surface area is 156 Å². The average molecular weight is 394 g/mol. The normalized spacial score (nSPS) is 17.1. The second-order valence-corrected chi connectivity index (χ2v) is 7.85. The number of ether oxygens (including phenoxy) is 2. The molecular formula is C18H19FN2O5S. The summed E-state index contributed by atoms with van der Waals surface area (Å²) in [4.78, 5) is 13.5. The molecule has 1 amide bonds. The molecule has 0 saturated carbocycles. The van der Waals surface area contributed by atoms with Gasteiger partial charge in [-0.2, -0.15) is 0 Å². The number of anilines is 1. The molecule has 1 atom stereocenters. The summed E-state index contributed by atoms with van der Waals surface area (Å²) >= 11 is 0. The molecule has 0 aromatic heterocycles. The molecule has 0 aliphatic carbocycles. The van der Waals surface area contributed by atoms with E-state index in [-0.39, 0.29) is 23.5 Å². The zero-order valence-corrected chi connectivity index (χ0v) is 15.6. The van der Waals surface area contributed by atoms with Crippen molar-refractivity contribution in [2.45, 2.75) is 17.9 Å². The maximum Gasteiger partial charge on any atom is 0.414 e. The molecule has 1 N–H and O–H groups in total. The van der Waals surface area contributed by atoms with Gasteiger partial charge in [0, 0.05) is 12.6 Å². The standard InChI is InChI=1S/C18H19FN2O5S/c1-12-8-16(6-7-17(12)19)27(23,24)20-10-15-11-21(18(22)26-15)13-4-3-5-14(9-13)25-2/h3-9,15,20H,10-11H2,1-2H3. The van der Waals surface area contributed by atoms with Crippen molar-refractivity contribution >= 4 is 21.8 Å². The number of carbonyl (C=O) groups is 1. The Kier molecular flexibility index (Phi) is 5.33. The van der Waals surface area contributed by atoms with Crippen LogP contribution in [0.5, 0.6) is 5.75 Å². The molecule has 2 aromatic carbocycles. The number of nitrogens with one attached hydrogen (secondary N) is 1. The van der Waals surface area contributed by atoms with E-state index < -0.39 is 28.0 Å². The number of methoxy groups -OCH3 is 1. The van der Waals surface area contributed by atoms with Crippen molar-refractivity contribution < 1.29 is 27.1 Å². The molecule has 1 aliphatic rings. The predicted molar refractivity (Wildman–Crippen MR) is 96.9 cm³/mol. The van der Waals surface area contributed by atoms with Crippen molar-refractivity contribution in [3.05, 3.63) is 53.8 Å². The number of cyclic esters (lactones) is 1. The summed E-state index contributed by atoms with van der Waals surface area (Å²) in [5.74, 6) is 0.115. The van der Waals surface area contributed by atoms with E-state index in [1.165, 1.54) is 31.1 Å². The third-order valence-corrected chi connectivity index (χ3v) is 5.60. The first-order chi connectivity index (χ1) is 12.8. The van der Waals surface area contributed by atoms with Crippen LogP contribution < -0.4 is 14.4 Å². The van der Waals surface area contributed by atoms with Gasteiger partial charge in [-0.15, -0.1) is 0 Å². The van der Waals surface area contributed by atoms with E-state index in [1.807, 2.05) is 0 Å². The molecule has 1 heterocycles. The van der Waals surface area contributed by atoms with E-state index in [4.69, 9.17) is 9.47 Å². The summed E-state index contributed by atoms with van der Waals surface area (Å²) < 4.78 is 50.8. The van der Waals surface area contributed by atoms with Crippen LogP contribution in [0.1, 0.15) is 5.56 Å². The number of sulfonamides is 1. The Morgan fingerprint density at radius 2 is 2.07 bits per heavy atom. The number of benzene rings is 2. The summed E-state index contributed by atoms with van der Waals surface area (Å²) in [7, 11) is -2.32. The van der Waals surface area contributed by atoms with Crippen molar-refractivity contribution in [3.8, 4) is 5.75 Å². The maximum atomic E-state index is 13.3. The SMILES string of the molecule is COc1cccc(N2CC(CNS(=O)(=O)c3ccc(F)c(C)c3)OC2=O)c1. The van der Waals surface area contributed by atoms with Gasteiger partial charge in [0.05, 0.1) is 24.2 Å². The van der Waals surface area contributed by atoms with Gasteiger partial charge in [0.1, 0.15) is 17.7 Å². The third kappa shape index (κ3) is 4.20. The van der Waals surface area contributed by atoms with Gasteiger partial charge in [0.15, 0.2) is 0 Å². The molecule has 7 nitrogen and oxygen atoms in total. The largest absolute Gasteiger partial charge is 0.497 e. The minimum atomic E-state index is -3.84. The van der Waals surface area contributed by atoms with Crippen molar-refractivity contribution in [1.29, 1.82) is 0 Å². The number of aryl methyl sites for hydroxylation is 1. The van der Waals surface area contributed by atoms with Crippen LogP contribution in [0.4, 0.5) is 14.9 Å². The summed E-state index contributed by atoms with van der Waals surface area (Å²) in [6.45, 7) is 1.58. The Hall–Kier alpha value is -2.65. The quantitative estimate of drug-likeness (QED) is 0.814. The fraction of sp³-hybridized carbons (Fsp3) is 0.278. The molecule has 1 saturated heterocycles. The summed E-state index contributed by atoms with van der Waals surface area (Å²) in [5, 5.41) is 0.